The lowest BCUT2D eigenvalue weighted by Gasteiger charge is -2.39. The van der Waals surface area contributed by atoms with Gasteiger partial charge < -0.3 is 20.1 Å². The van der Waals surface area contributed by atoms with Crippen molar-refractivity contribution in [3.8, 4) is 11.5 Å². The van der Waals surface area contributed by atoms with Crippen molar-refractivity contribution in [2.75, 3.05) is 19.6 Å². The smallest absolute Gasteiger partial charge is 0.308 e. The molecule has 2 N–H and O–H groups in total. The number of ether oxygens (including phenoxy) is 1. The van der Waals surface area contributed by atoms with Crippen LogP contribution in [0.15, 0.2) is 47.5 Å². The number of nitrogens with zero attached hydrogens (tertiary/aromatic N) is 2. The normalized spacial score (nSPS) is 22.0. The summed E-state index contributed by atoms with van der Waals surface area (Å²) < 4.78 is 6.16. The summed E-state index contributed by atoms with van der Waals surface area (Å²) in [7, 11) is 0. The van der Waals surface area contributed by atoms with Crippen LogP contribution >= 0.6 is 11.6 Å². The van der Waals surface area contributed by atoms with Gasteiger partial charge in [0.1, 0.15) is 17.3 Å². The molecule has 6 nitrogen and oxygen atoms in total. The first-order valence-electron chi connectivity index (χ1n) is 11.0. The quantitative estimate of drug-likeness (QED) is 0.725. The number of aliphatic imine (C=N–C) groups is 1. The van der Waals surface area contributed by atoms with E-state index in [1.54, 1.807) is 12.1 Å². The predicted molar refractivity (Wildman–Crippen MR) is 121 cm³/mol. The Kier molecular flexibility index (Phi) is 5.59. The molecule has 2 heterocycles. The van der Waals surface area contributed by atoms with Gasteiger partial charge in [0.05, 0.1) is 11.5 Å². The van der Waals surface area contributed by atoms with E-state index >= 15 is 0 Å². The first-order valence-corrected chi connectivity index (χ1v) is 11.3. The number of fused-ring (bicyclic) bond motifs is 2. The Labute approximate surface area is 186 Å². The minimum absolute atomic E-state index is 0.118. The van der Waals surface area contributed by atoms with E-state index in [0.29, 0.717) is 29.5 Å². The maximum Gasteiger partial charge on any atom is 0.308 e. The molecule has 1 aliphatic carbocycles. The number of amidine groups is 1. The van der Waals surface area contributed by atoms with Crippen molar-refractivity contribution >= 4 is 29.1 Å². The average Bonchev–Trinajstić information content (AvgIpc) is 3.22. The molecule has 0 spiro atoms. The SMILES string of the molecule is O=C(O)C(C1CCCC1)C1CN(C2=Nc3cc(Cl)ccc3Oc3ccccc32)CCN1. The number of halogens is 1. The Bertz CT molecular complexity index is 1020. The molecule has 7 heteroatoms. The summed E-state index contributed by atoms with van der Waals surface area (Å²) in [6.45, 7) is 2.05. The topological polar surface area (TPSA) is 74.2 Å². The number of benzene rings is 2. The fourth-order valence-corrected chi connectivity index (χ4v) is 5.33. The minimum atomic E-state index is -0.699. The van der Waals surface area contributed by atoms with Crippen LogP contribution in [-0.2, 0) is 4.79 Å². The van der Waals surface area contributed by atoms with Crippen LogP contribution < -0.4 is 10.1 Å². The monoisotopic (exact) mass is 439 g/mol. The van der Waals surface area contributed by atoms with Gasteiger partial charge in [-0.05, 0) is 49.1 Å². The van der Waals surface area contributed by atoms with Crippen molar-refractivity contribution in [3.05, 3.63) is 53.1 Å². The molecule has 0 amide bonds. The zero-order chi connectivity index (χ0) is 21.4. The van der Waals surface area contributed by atoms with Gasteiger partial charge in [0.2, 0.25) is 0 Å². The van der Waals surface area contributed by atoms with E-state index in [0.717, 1.165) is 49.4 Å². The molecule has 0 aromatic heterocycles. The lowest BCUT2D eigenvalue weighted by atomic mass is 9.83. The summed E-state index contributed by atoms with van der Waals surface area (Å²) in [4.78, 5) is 19.4. The number of nitrogens with one attached hydrogen (secondary N) is 1. The third kappa shape index (κ3) is 4.02. The van der Waals surface area contributed by atoms with Gasteiger partial charge in [-0.3, -0.25) is 4.79 Å². The molecule has 2 aliphatic heterocycles. The number of para-hydroxylation sites is 1. The number of aliphatic carboxylic acids is 1. The summed E-state index contributed by atoms with van der Waals surface area (Å²) in [6.07, 6.45) is 4.25. The van der Waals surface area contributed by atoms with Crippen molar-refractivity contribution in [1.82, 2.24) is 10.2 Å². The lowest BCUT2D eigenvalue weighted by Crippen LogP contribution is -2.58. The summed E-state index contributed by atoms with van der Waals surface area (Å²) in [6, 6.07) is 13.2. The van der Waals surface area contributed by atoms with Gasteiger partial charge >= 0.3 is 5.97 Å². The number of piperazine rings is 1. The van der Waals surface area contributed by atoms with E-state index < -0.39 is 5.97 Å². The van der Waals surface area contributed by atoms with Crippen molar-refractivity contribution in [3.63, 3.8) is 0 Å². The van der Waals surface area contributed by atoms with Gasteiger partial charge in [0.25, 0.3) is 0 Å². The maximum atomic E-state index is 12.2. The molecule has 31 heavy (non-hydrogen) atoms. The highest BCUT2D eigenvalue weighted by molar-refractivity contribution is 6.31. The number of hydrogen-bond acceptors (Lipinski definition) is 5. The largest absolute Gasteiger partial charge is 0.481 e. The summed E-state index contributed by atoms with van der Waals surface area (Å²) in [5, 5.41) is 14.1. The molecule has 2 unspecified atom stereocenters. The number of carboxylic acids is 1. The molecule has 3 aliphatic rings. The molecule has 1 saturated carbocycles. The maximum absolute atomic E-state index is 12.2. The van der Waals surface area contributed by atoms with Crippen LogP contribution in [0, 0.1) is 11.8 Å². The number of rotatable bonds is 3. The predicted octanol–water partition coefficient (Wildman–Crippen LogP) is 4.69. The molecule has 2 aromatic carbocycles. The van der Waals surface area contributed by atoms with E-state index in [4.69, 9.17) is 21.3 Å². The van der Waals surface area contributed by atoms with Crippen LogP contribution in [0.5, 0.6) is 11.5 Å². The average molecular weight is 440 g/mol. The highest BCUT2D eigenvalue weighted by Crippen LogP contribution is 2.40. The van der Waals surface area contributed by atoms with Crippen LogP contribution in [0.1, 0.15) is 31.2 Å². The van der Waals surface area contributed by atoms with Crippen LogP contribution in [-0.4, -0.2) is 47.5 Å². The third-order valence-corrected chi connectivity index (χ3v) is 6.86. The van der Waals surface area contributed by atoms with Gasteiger partial charge in [-0.25, -0.2) is 4.99 Å². The fraction of sp³-hybridized carbons (Fsp3) is 0.417. The highest BCUT2D eigenvalue weighted by atomic mass is 35.5. The standard InChI is InChI=1S/C24H26ClN3O3/c25-16-9-10-21-18(13-16)27-23(17-7-3-4-8-20(17)31-21)28-12-11-26-19(14-28)22(24(29)30)15-5-1-2-6-15/h3-4,7-10,13,15,19,22,26H,1-2,5-6,11-12,14H2,(H,29,30). The summed E-state index contributed by atoms with van der Waals surface area (Å²) in [5.74, 6) is 1.36. The van der Waals surface area contributed by atoms with E-state index in [-0.39, 0.29) is 17.9 Å². The van der Waals surface area contributed by atoms with Crippen molar-refractivity contribution in [2.45, 2.75) is 31.7 Å². The highest BCUT2D eigenvalue weighted by Gasteiger charge is 2.39. The Morgan fingerprint density at radius 2 is 2.00 bits per heavy atom. The van der Waals surface area contributed by atoms with Gasteiger partial charge in [-0.2, -0.15) is 0 Å². The third-order valence-electron chi connectivity index (χ3n) is 6.63. The van der Waals surface area contributed by atoms with Crippen LogP contribution in [0.2, 0.25) is 5.02 Å². The zero-order valence-corrected chi connectivity index (χ0v) is 18.0. The van der Waals surface area contributed by atoms with E-state index in [9.17, 15) is 9.90 Å². The first kappa shape index (κ1) is 20.3. The molecule has 1 saturated heterocycles. The second kappa shape index (κ2) is 8.52. The molecular weight excluding hydrogens is 414 g/mol. The number of carboxylic acid groups (broad SMARTS) is 1. The van der Waals surface area contributed by atoms with Gasteiger partial charge in [-0.1, -0.05) is 36.6 Å². The first-order chi connectivity index (χ1) is 15.1. The summed E-state index contributed by atoms with van der Waals surface area (Å²) >= 11 is 6.23. The van der Waals surface area contributed by atoms with Crippen LogP contribution in [0.4, 0.5) is 5.69 Å². The second-order valence-electron chi connectivity index (χ2n) is 8.56. The number of hydrogen-bond donors (Lipinski definition) is 2. The molecule has 0 bridgehead atoms. The Morgan fingerprint density at radius 3 is 2.81 bits per heavy atom. The van der Waals surface area contributed by atoms with E-state index in [1.807, 2.05) is 30.3 Å². The van der Waals surface area contributed by atoms with Crippen molar-refractivity contribution in [1.29, 1.82) is 0 Å². The van der Waals surface area contributed by atoms with Gasteiger partial charge in [0, 0.05) is 30.7 Å². The van der Waals surface area contributed by atoms with Crippen LogP contribution in [0.25, 0.3) is 0 Å². The van der Waals surface area contributed by atoms with Gasteiger partial charge in [0.15, 0.2) is 5.75 Å². The van der Waals surface area contributed by atoms with E-state index in [2.05, 4.69) is 10.2 Å². The zero-order valence-electron chi connectivity index (χ0n) is 17.3. The Balaban J connectivity index is 1.51. The minimum Gasteiger partial charge on any atom is -0.481 e. The Hall–Kier alpha value is -2.57. The molecule has 2 aromatic rings. The van der Waals surface area contributed by atoms with Crippen LogP contribution in [0.3, 0.4) is 0 Å². The molecule has 2 fully saturated rings. The number of carbonyl (C=O) groups is 1. The fourth-order valence-electron chi connectivity index (χ4n) is 5.17. The van der Waals surface area contributed by atoms with E-state index in [1.165, 1.54) is 0 Å². The molecular formula is C24H26ClN3O3. The lowest BCUT2D eigenvalue weighted by molar-refractivity contribution is -0.145. The molecule has 162 valence electrons. The summed E-state index contributed by atoms with van der Waals surface area (Å²) in [5.41, 5.74) is 1.59. The van der Waals surface area contributed by atoms with Gasteiger partial charge in [-0.15, -0.1) is 0 Å². The molecule has 0 radical (unpaired) electrons. The van der Waals surface area contributed by atoms with Crippen molar-refractivity contribution in [2.24, 2.45) is 16.8 Å². The Morgan fingerprint density at radius 1 is 1.19 bits per heavy atom. The molecule has 5 rings (SSSR count). The molecule has 2 atom stereocenters. The van der Waals surface area contributed by atoms with Crippen molar-refractivity contribution < 1.29 is 14.6 Å². The second-order valence-corrected chi connectivity index (χ2v) is 9.00.